The number of nitrogens with zero attached hydrogens (tertiary/aromatic N) is 2. The zero-order valence-corrected chi connectivity index (χ0v) is 9.37. The summed E-state index contributed by atoms with van der Waals surface area (Å²) in [5, 5.41) is 0.646. The summed E-state index contributed by atoms with van der Waals surface area (Å²) in [4.78, 5) is 15.2. The molecule has 0 bridgehead atoms. The molecule has 0 saturated carbocycles. The molecule has 1 heterocycles. The summed E-state index contributed by atoms with van der Waals surface area (Å²) in [5.74, 6) is -0.405. The highest BCUT2D eigenvalue weighted by Crippen LogP contribution is 2.30. The molecular weight excluding hydrogens is 227 g/mol. The lowest BCUT2D eigenvalue weighted by Crippen LogP contribution is -1.93. The van der Waals surface area contributed by atoms with Crippen molar-refractivity contribution in [2.45, 2.75) is 10.1 Å². The Balaban J connectivity index is 2.41. The second-order valence-corrected chi connectivity index (χ2v) is 4.18. The highest BCUT2D eigenvalue weighted by molar-refractivity contribution is 7.99. The van der Waals surface area contributed by atoms with Gasteiger partial charge in [0.15, 0.2) is 11.4 Å². The monoisotopic (exact) mass is 236 g/mol. The molecule has 0 fully saturated rings. The topological polar surface area (TPSA) is 34.9 Å². The standard InChI is InChI=1S/C11H9FN2OS/c1-14-6-5-13-11(14)16-10-8(7-15)3-2-4-9(10)12/h2-7H,1H3. The van der Waals surface area contributed by atoms with E-state index in [4.69, 9.17) is 0 Å². The Kier molecular flexibility index (Phi) is 3.05. The molecule has 0 aliphatic rings. The summed E-state index contributed by atoms with van der Waals surface area (Å²) in [5.41, 5.74) is 0.341. The zero-order valence-electron chi connectivity index (χ0n) is 8.55. The van der Waals surface area contributed by atoms with Crippen molar-refractivity contribution in [1.29, 1.82) is 0 Å². The largest absolute Gasteiger partial charge is 0.329 e. The number of aromatic nitrogens is 2. The van der Waals surface area contributed by atoms with E-state index >= 15 is 0 Å². The molecule has 2 rings (SSSR count). The van der Waals surface area contributed by atoms with Crippen LogP contribution in [0.25, 0.3) is 0 Å². The number of rotatable bonds is 3. The fraction of sp³-hybridized carbons (Fsp3) is 0.0909. The van der Waals surface area contributed by atoms with Crippen LogP contribution in [-0.2, 0) is 7.05 Å². The Labute approximate surface area is 96.3 Å². The first kappa shape index (κ1) is 10.9. The number of carbonyl (C=O) groups is 1. The summed E-state index contributed by atoms with van der Waals surface area (Å²) >= 11 is 1.14. The van der Waals surface area contributed by atoms with Crippen molar-refractivity contribution in [2.24, 2.45) is 7.05 Å². The smallest absolute Gasteiger partial charge is 0.172 e. The number of carbonyl (C=O) groups excluding carboxylic acids is 1. The summed E-state index contributed by atoms with van der Waals surface area (Å²) < 4.78 is 15.3. The maximum absolute atomic E-state index is 13.5. The normalized spacial score (nSPS) is 10.4. The molecule has 0 saturated heterocycles. The Morgan fingerprint density at radius 3 is 2.94 bits per heavy atom. The Bertz CT molecular complexity index is 524. The van der Waals surface area contributed by atoms with Gasteiger partial charge in [0.25, 0.3) is 0 Å². The molecule has 0 unspecified atom stereocenters. The van der Waals surface area contributed by atoms with Gasteiger partial charge in [-0.2, -0.15) is 0 Å². The molecule has 82 valence electrons. The van der Waals surface area contributed by atoms with Crippen molar-refractivity contribution in [3.8, 4) is 0 Å². The Hall–Kier alpha value is -1.62. The van der Waals surface area contributed by atoms with Crippen LogP contribution in [0.15, 0.2) is 40.6 Å². The second-order valence-electron chi connectivity index (χ2n) is 3.20. The fourth-order valence-electron chi connectivity index (χ4n) is 1.27. The van der Waals surface area contributed by atoms with Crippen LogP contribution < -0.4 is 0 Å². The lowest BCUT2D eigenvalue weighted by Gasteiger charge is -2.05. The molecule has 5 heteroatoms. The minimum Gasteiger partial charge on any atom is -0.329 e. The molecule has 0 spiro atoms. The molecule has 1 aromatic carbocycles. The van der Waals surface area contributed by atoms with Crippen LogP contribution in [0, 0.1) is 5.82 Å². The molecular formula is C11H9FN2OS. The van der Waals surface area contributed by atoms with Crippen molar-refractivity contribution in [2.75, 3.05) is 0 Å². The first-order valence-corrected chi connectivity index (χ1v) is 5.43. The van der Waals surface area contributed by atoms with Crippen molar-refractivity contribution < 1.29 is 9.18 Å². The van der Waals surface area contributed by atoms with E-state index in [0.29, 0.717) is 21.9 Å². The van der Waals surface area contributed by atoms with Gasteiger partial charge >= 0.3 is 0 Å². The van der Waals surface area contributed by atoms with Gasteiger partial charge in [0, 0.05) is 25.0 Å². The molecule has 0 N–H and O–H groups in total. The Morgan fingerprint density at radius 2 is 2.31 bits per heavy atom. The summed E-state index contributed by atoms with van der Waals surface area (Å²) in [6, 6.07) is 4.43. The van der Waals surface area contributed by atoms with E-state index in [2.05, 4.69) is 4.98 Å². The van der Waals surface area contributed by atoms with Crippen LogP contribution in [0.3, 0.4) is 0 Å². The fourth-order valence-corrected chi connectivity index (χ4v) is 2.17. The predicted octanol–water partition coefficient (Wildman–Crippen LogP) is 2.52. The minimum atomic E-state index is -0.405. The third kappa shape index (κ3) is 1.99. The zero-order chi connectivity index (χ0) is 11.5. The second kappa shape index (κ2) is 4.49. The van der Waals surface area contributed by atoms with Crippen LogP contribution in [0.1, 0.15) is 10.4 Å². The van der Waals surface area contributed by atoms with Crippen LogP contribution in [0.2, 0.25) is 0 Å². The quantitative estimate of drug-likeness (QED) is 0.768. The van der Waals surface area contributed by atoms with Crippen molar-refractivity contribution >= 4 is 18.0 Å². The van der Waals surface area contributed by atoms with E-state index < -0.39 is 5.82 Å². The molecule has 2 aromatic rings. The van der Waals surface area contributed by atoms with E-state index in [0.717, 1.165) is 11.8 Å². The van der Waals surface area contributed by atoms with E-state index in [1.165, 1.54) is 12.1 Å². The molecule has 16 heavy (non-hydrogen) atoms. The molecule has 0 atom stereocenters. The van der Waals surface area contributed by atoms with Gasteiger partial charge < -0.3 is 4.57 Å². The lowest BCUT2D eigenvalue weighted by molar-refractivity contribution is 0.112. The number of halogens is 1. The van der Waals surface area contributed by atoms with Gasteiger partial charge in [0.05, 0.1) is 4.90 Å². The van der Waals surface area contributed by atoms with Gasteiger partial charge in [0.2, 0.25) is 0 Å². The number of imidazole rings is 1. The van der Waals surface area contributed by atoms with Gasteiger partial charge in [-0.05, 0) is 17.8 Å². The minimum absolute atomic E-state index is 0.312. The highest BCUT2D eigenvalue weighted by Gasteiger charge is 2.11. The van der Waals surface area contributed by atoms with Gasteiger partial charge in [-0.25, -0.2) is 9.37 Å². The maximum Gasteiger partial charge on any atom is 0.172 e. The molecule has 0 aliphatic heterocycles. The number of hydrogen-bond donors (Lipinski definition) is 0. The van der Waals surface area contributed by atoms with E-state index in [9.17, 15) is 9.18 Å². The number of benzene rings is 1. The van der Waals surface area contributed by atoms with Crippen LogP contribution >= 0.6 is 11.8 Å². The van der Waals surface area contributed by atoms with Crippen molar-refractivity contribution in [1.82, 2.24) is 9.55 Å². The van der Waals surface area contributed by atoms with Crippen LogP contribution in [0.4, 0.5) is 4.39 Å². The summed E-state index contributed by atoms with van der Waals surface area (Å²) in [6.45, 7) is 0. The van der Waals surface area contributed by atoms with Crippen molar-refractivity contribution in [3.63, 3.8) is 0 Å². The van der Waals surface area contributed by atoms with Crippen LogP contribution in [0.5, 0.6) is 0 Å². The van der Waals surface area contributed by atoms with Crippen molar-refractivity contribution in [3.05, 3.63) is 42.0 Å². The third-order valence-electron chi connectivity index (χ3n) is 2.09. The lowest BCUT2D eigenvalue weighted by atomic mass is 10.2. The van der Waals surface area contributed by atoms with E-state index in [1.54, 1.807) is 23.0 Å². The summed E-state index contributed by atoms with van der Waals surface area (Å²) in [7, 11) is 1.82. The predicted molar refractivity (Wildman–Crippen MR) is 59.1 cm³/mol. The van der Waals surface area contributed by atoms with Gasteiger partial charge in [0.1, 0.15) is 5.82 Å². The van der Waals surface area contributed by atoms with Gasteiger partial charge in [-0.3, -0.25) is 4.79 Å². The molecule has 0 aliphatic carbocycles. The number of aryl methyl sites for hydroxylation is 1. The molecule has 0 radical (unpaired) electrons. The number of hydrogen-bond acceptors (Lipinski definition) is 3. The maximum atomic E-state index is 13.5. The molecule has 1 aromatic heterocycles. The summed E-state index contributed by atoms with van der Waals surface area (Å²) in [6.07, 6.45) is 4.04. The highest BCUT2D eigenvalue weighted by atomic mass is 32.2. The first-order valence-electron chi connectivity index (χ1n) is 4.61. The third-order valence-corrected chi connectivity index (χ3v) is 3.31. The SMILES string of the molecule is Cn1ccnc1Sc1c(F)cccc1C=O. The average Bonchev–Trinajstić information content (AvgIpc) is 2.67. The van der Waals surface area contributed by atoms with E-state index in [1.807, 2.05) is 7.05 Å². The van der Waals surface area contributed by atoms with Gasteiger partial charge in [-0.1, -0.05) is 12.1 Å². The van der Waals surface area contributed by atoms with Gasteiger partial charge in [-0.15, -0.1) is 0 Å². The first-order chi connectivity index (χ1) is 7.72. The van der Waals surface area contributed by atoms with E-state index in [-0.39, 0.29) is 0 Å². The Morgan fingerprint density at radius 1 is 1.50 bits per heavy atom. The molecule has 0 amide bonds. The molecule has 3 nitrogen and oxygen atoms in total. The number of aldehydes is 1. The van der Waals surface area contributed by atoms with Crippen LogP contribution in [-0.4, -0.2) is 15.8 Å². The average molecular weight is 236 g/mol.